The van der Waals surface area contributed by atoms with Crippen molar-refractivity contribution in [3.63, 3.8) is 0 Å². The summed E-state index contributed by atoms with van der Waals surface area (Å²) in [7, 11) is -3.78. The first kappa shape index (κ1) is 20.0. The van der Waals surface area contributed by atoms with Crippen molar-refractivity contribution >= 4 is 21.5 Å². The summed E-state index contributed by atoms with van der Waals surface area (Å²) in [4.78, 5) is 17.3. The maximum Gasteiger partial charge on any atom is 0.264 e. The molecule has 28 heavy (non-hydrogen) atoms. The predicted molar refractivity (Wildman–Crippen MR) is 106 cm³/mol. The molecule has 2 N–H and O–H groups in total. The zero-order valence-electron chi connectivity index (χ0n) is 15.6. The predicted octanol–water partition coefficient (Wildman–Crippen LogP) is 2.55. The maximum absolute atomic E-state index is 12.1. The van der Waals surface area contributed by atoms with Crippen molar-refractivity contribution in [2.75, 3.05) is 6.26 Å². The summed E-state index contributed by atoms with van der Waals surface area (Å²) in [6.07, 6.45) is 0.629. The second kappa shape index (κ2) is 7.73. The van der Waals surface area contributed by atoms with Gasteiger partial charge in [-0.2, -0.15) is 0 Å². The molecule has 0 spiro atoms. The number of nitrogens with one attached hydrogen (secondary N) is 1. The molecule has 0 saturated carbocycles. The number of amides is 1. The highest BCUT2D eigenvalue weighted by Crippen LogP contribution is 2.30. The van der Waals surface area contributed by atoms with Gasteiger partial charge in [0.05, 0.1) is 5.71 Å². The van der Waals surface area contributed by atoms with Crippen LogP contribution in [0.3, 0.4) is 0 Å². The normalized spacial score (nSPS) is 18.7. The number of benzene rings is 2. The summed E-state index contributed by atoms with van der Waals surface area (Å²) in [6.45, 7) is 1.27. The number of hydrogen-bond donors (Lipinski definition) is 2. The minimum absolute atomic E-state index is 0.118. The van der Waals surface area contributed by atoms with Gasteiger partial charge in [0.25, 0.3) is 5.91 Å². The third-order valence-corrected chi connectivity index (χ3v) is 7.06. The third-order valence-electron chi connectivity index (χ3n) is 5.08. The summed E-state index contributed by atoms with van der Waals surface area (Å²) in [5, 5.41) is 13.0. The van der Waals surface area contributed by atoms with E-state index in [0.29, 0.717) is 12.1 Å². The van der Waals surface area contributed by atoms with Crippen molar-refractivity contribution in [1.82, 2.24) is 5.48 Å². The van der Waals surface area contributed by atoms with Crippen LogP contribution in [0, 0.1) is 0 Å². The number of carbonyl (C=O) groups excluding carboxylic acids is 1. The number of sulfone groups is 1. The van der Waals surface area contributed by atoms with E-state index in [-0.39, 0.29) is 6.42 Å². The minimum atomic E-state index is -3.78. The Kier molecular flexibility index (Phi) is 5.53. The Bertz CT molecular complexity index is 987. The average molecular weight is 402 g/mol. The molecule has 8 heteroatoms. The van der Waals surface area contributed by atoms with Gasteiger partial charge in [-0.05, 0) is 23.6 Å². The van der Waals surface area contributed by atoms with Gasteiger partial charge in [-0.25, -0.2) is 13.9 Å². The lowest BCUT2D eigenvalue weighted by atomic mass is 9.95. The molecule has 0 saturated heterocycles. The quantitative estimate of drug-likeness (QED) is 0.571. The van der Waals surface area contributed by atoms with Crippen LogP contribution in [0.15, 0.2) is 59.8 Å². The summed E-state index contributed by atoms with van der Waals surface area (Å²) in [5.74, 6) is -0.987. The first-order chi connectivity index (χ1) is 13.2. The van der Waals surface area contributed by atoms with Gasteiger partial charge in [0.15, 0.2) is 14.6 Å². The Morgan fingerprint density at radius 2 is 1.71 bits per heavy atom. The Morgan fingerprint density at radius 3 is 2.29 bits per heavy atom. The van der Waals surface area contributed by atoms with Gasteiger partial charge in [0.1, 0.15) is 6.10 Å². The zero-order valence-corrected chi connectivity index (χ0v) is 16.4. The molecule has 1 heterocycles. The smallest absolute Gasteiger partial charge is 0.264 e. The lowest BCUT2D eigenvalue weighted by Gasteiger charge is -2.26. The van der Waals surface area contributed by atoms with Crippen molar-refractivity contribution in [1.29, 1.82) is 0 Å². The summed E-state index contributed by atoms with van der Waals surface area (Å²) < 4.78 is 22.4. The Morgan fingerprint density at radius 1 is 1.14 bits per heavy atom. The van der Waals surface area contributed by atoms with Crippen molar-refractivity contribution < 1.29 is 23.3 Å². The number of rotatable bonds is 6. The van der Waals surface area contributed by atoms with Gasteiger partial charge in [-0.3, -0.25) is 10.0 Å². The lowest BCUT2D eigenvalue weighted by Crippen LogP contribution is -2.51. The molecule has 0 aromatic heterocycles. The molecule has 0 fully saturated rings. The van der Waals surface area contributed by atoms with Gasteiger partial charge in [-0.1, -0.05) is 59.8 Å². The Labute approximate surface area is 163 Å². The molecule has 0 radical (unpaired) electrons. The van der Waals surface area contributed by atoms with E-state index in [1.807, 2.05) is 54.6 Å². The van der Waals surface area contributed by atoms with E-state index < -0.39 is 26.6 Å². The highest BCUT2D eigenvalue weighted by molar-refractivity contribution is 7.92. The van der Waals surface area contributed by atoms with E-state index in [4.69, 9.17) is 10.0 Å². The van der Waals surface area contributed by atoms with Gasteiger partial charge in [0, 0.05) is 19.1 Å². The number of hydroxylamine groups is 1. The number of oxime groups is 1. The molecule has 1 aliphatic heterocycles. The van der Waals surface area contributed by atoms with Gasteiger partial charge in [-0.15, -0.1) is 0 Å². The van der Waals surface area contributed by atoms with Crippen molar-refractivity contribution in [2.45, 2.75) is 30.6 Å². The van der Waals surface area contributed by atoms with Crippen LogP contribution in [0.2, 0.25) is 0 Å². The largest absolute Gasteiger partial charge is 0.392 e. The molecule has 7 nitrogen and oxygen atoms in total. The third kappa shape index (κ3) is 3.93. The first-order valence-electron chi connectivity index (χ1n) is 8.77. The van der Waals surface area contributed by atoms with Crippen molar-refractivity contribution in [3.05, 3.63) is 60.2 Å². The van der Waals surface area contributed by atoms with E-state index in [2.05, 4.69) is 5.16 Å². The van der Waals surface area contributed by atoms with E-state index >= 15 is 0 Å². The van der Waals surface area contributed by atoms with Crippen LogP contribution in [0.5, 0.6) is 0 Å². The highest BCUT2D eigenvalue weighted by atomic mass is 32.2. The maximum atomic E-state index is 12.1. The fourth-order valence-electron chi connectivity index (χ4n) is 3.16. The zero-order chi connectivity index (χ0) is 20.4. The molecule has 2 aromatic carbocycles. The molecule has 1 aliphatic rings. The van der Waals surface area contributed by atoms with Gasteiger partial charge < -0.3 is 4.84 Å². The van der Waals surface area contributed by atoms with Crippen LogP contribution in [-0.4, -0.2) is 42.4 Å². The second-order valence-corrected chi connectivity index (χ2v) is 9.51. The fourth-order valence-corrected chi connectivity index (χ4v) is 4.03. The van der Waals surface area contributed by atoms with Crippen molar-refractivity contribution in [3.8, 4) is 11.1 Å². The minimum Gasteiger partial charge on any atom is -0.392 e. The topological polar surface area (TPSA) is 105 Å². The van der Waals surface area contributed by atoms with Crippen LogP contribution < -0.4 is 5.48 Å². The van der Waals surface area contributed by atoms with Crippen LogP contribution in [0.25, 0.3) is 11.1 Å². The van der Waals surface area contributed by atoms with Crippen LogP contribution in [-0.2, 0) is 19.5 Å². The van der Waals surface area contributed by atoms with Crippen LogP contribution >= 0.6 is 0 Å². The average Bonchev–Trinajstić information content (AvgIpc) is 3.15. The summed E-state index contributed by atoms with van der Waals surface area (Å²) in [6, 6.07) is 17.8. The number of carbonyl (C=O) groups is 1. The molecule has 0 bridgehead atoms. The van der Waals surface area contributed by atoms with E-state index in [0.717, 1.165) is 22.9 Å². The SMILES string of the molecule is CC(CC1CC(c2ccc(-c3ccccc3)cc2)=NO1)(C(=O)NO)S(C)(=O)=O. The van der Waals surface area contributed by atoms with E-state index in [1.54, 1.807) is 0 Å². The fraction of sp³-hybridized carbons (Fsp3) is 0.300. The summed E-state index contributed by atoms with van der Waals surface area (Å²) in [5.41, 5.74) is 5.18. The van der Waals surface area contributed by atoms with Gasteiger partial charge >= 0.3 is 0 Å². The van der Waals surface area contributed by atoms with Crippen molar-refractivity contribution in [2.24, 2.45) is 5.16 Å². The Hall–Kier alpha value is -2.71. The number of nitrogens with zero attached hydrogens (tertiary/aromatic N) is 1. The van der Waals surface area contributed by atoms with Gasteiger partial charge in [0.2, 0.25) is 0 Å². The molecular formula is C20H22N2O5S. The first-order valence-corrected chi connectivity index (χ1v) is 10.7. The molecule has 2 unspecified atom stereocenters. The van der Waals surface area contributed by atoms with E-state index in [1.165, 1.54) is 12.4 Å². The van der Waals surface area contributed by atoms with Crippen LogP contribution in [0.4, 0.5) is 0 Å². The standard InChI is InChI=1S/C20H22N2O5S/c1-20(19(23)21-24,28(2,25)26)13-17-12-18(22-27-17)16-10-8-15(9-11-16)14-6-4-3-5-7-14/h3-11,17,24H,12-13H2,1-2H3,(H,21,23). The lowest BCUT2D eigenvalue weighted by molar-refractivity contribution is -0.132. The molecule has 148 valence electrons. The summed E-state index contributed by atoms with van der Waals surface area (Å²) >= 11 is 0. The highest BCUT2D eigenvalue weighted by Gasteiger charge is 2.47. The molecule has 3 rings (SSSR count). The molecule has 2 aromatic rings. The molecule has 2 atom stereocenters. The van der Waals surface area contributed by atoms with Crippen LogP contribution in [0.1, 0.15) is 25.3 Å². The van der Waals surface area contributed by atoms with E-state index in [9.17, 15) is 13.2 Å². The molecule has 0 aliphatic carbocycles. The number of hydrogen-bond acceptors (Lipinski definition) is 6. The molecular weight excluding hydrogens is 380 g/mol. The monoisotopic (exact) mass is 402 g/mol. The Balaban J connectivity index is 1.72. The second-order valence-electron chi connectivity index (χ2n) is 7.06. The molecule has 1 amide bonds.